The van der Waals surface area contributed by atoms with Crippen LogP contribution in [0.5, 0.6) is 11.5 Å². The predicted molar refractivity (Wildman–Crippen MR) is 45.1 cm³/mol. The average molecular weight is 183 g/mol. The lowest BCUT2D eigenvalue weighted by Crippen LogP contribution is -1.88. The molecule has 0 amide bonds. The lowest BCUT2D eigenvalue weighted by Gasteiger charge is -2.03. The molecule has 0 bridgehead atoms. The molecule has 0 radical (unpaired) electrons. The van der Waals surface area contributed by atoms with E-state index in [1.54, 1.807) is 0 Å². The van der Waals surface area contributed by atoms with E-state index in [0.29, 0.717) is 5.56 Å². The van der Waals surface area contributed by atoms with Crippen LogP contribution in [0, 0.1) is 0 Å². The Bertz CT molecular complexity index is 312. The van der Waals surface area contributed by atoms with Crippen molar-refractivity contribution < 1.29 is 20.5 Å². The van der Waals surface area contributed by atoms with Crippen LogP contribution in [0.4, 0.5) is 0 Å². The van der Waals surface area contributed by atoms with Crippen molar-refractivity contribution >= 4 is 6.21 Å². The molecule has 0 aliphatic rings. The highest BCUT2D eigenvalue weighted by Crippen LogP contribution is 2.26. The molecule has 1 aromatic rings. The summed E-state index contributed by atoms with van der Waals surface area (Å²) in [5.74, 6) is -0.497. The Morgan fingerprint density at radius 3 is 2.15 bits per heavy atom. The molecule has 0 saturated heterocycles. The Morgan fingerprint density at radius 1 is 1.23 bits per heavy atom. The monoisotopic (exact) mass is 183 g/mol. The number of aliphatic hydroxyl groups is 1. The van der Waals surface area contributed by atoms with E-state index in [-0.39, 0.29) is 23.7 Å². The average Bonchev–Trinajstić information content (AvgIpc) is 2.11. The zero-order valence-corrected chi connectivity index (χ0v) is 6.68. The first-order chi connectivity index (χ1) is 6.19. The first kappa shape index (κ1) is 9.34. The Kier molecular flexibility index (Phi) is 2.71. The van der Waals surface area contributed by atoms with Gasteiger partial charge < -0.3 is 20.5 Å². The zero-order chi connectivity index (χ0) is 9.84. The van der Waals surface area contributed by atoms with Crippen molar-refractivity contribution in [1.29, 1.82) is 0 Å². The number of phenols is 2. The van der Waals surface area contributed by atoms with E-state index >= 15 is 0 Å². The van der Waals surface area contributed by atoms with Gasteiger partial charge in [0.1, 0.15) is 11.5 Å². The van der Waals surface area contributed by atoms with Crippen LogP contribution in [0.15, 0.2) is 17.3 Å². The number of rotatable bonds is 2. The summed E-state index contributed by atoms with van der Waals surface area (Å²) >= 11 is 0. The number of aromatic hydroxyl groups is 2. The number of nitrogens with zero attached hydrogens (tertiary/aromatic N) is 1. The van der Waals surface area contributed by atoms with E-state index < -0.39 is 0 Å². The molecule has 13 heavy (non-hydrogen) atoms. The van der Waals surface area contributed by atoms with Gasteiger partial charge in [-0.05, 0) is 17.7 Å². The quantitative estimate of drug-likeness (QED) is 0.303. The van der Waals surface area contributed by atoms with Gasteiger partial charge in [0.05, 0.1) is 18.4 Å². The second kappa shape index (κ2) is 3.77. The van der Waals surface area contributed by atoms with Crippen molar-refractivity contribution in [1.82, 2.24) is 0 Å². The largest absolute Gasteiger partial charge is 0.507 e. The number of hydrogen-bond donors (Lipinski definition) is 4. The SMILES string of the molecule is OCc1cc(O)c(/C=N/O)c(O)c1. The van der Waals surface area contributed by atoms with Crippen molar-refractivity contribution in [3.63, 3.8) is 0 Å². The fourth-order valence-corrected chi connectivity index (χ4v) is 0.961. The van der Waals surface area contributed by atoms with Crippen molar-refractivity contribution in [3.8, 4) is 11.5 Å². The van der Waals surface area contributed by atoms with Gasteiger partial charge in [0.15, 0.2) is 0 Å². The number of oxime groups is 1. The van der Waals surface area contributed by atoms with Gasteiger partial charge >= 0.3 is 0 Å². The maximum Gasteiger partial charge on any atom is 0.128 e. The van der Waals surface area contributed by atoms with Gasteiger partial charge in [0.25, 0.3) is 0 Å². The van der Waals surface area contributed by atoms with Crippen LogP contribution in [0.25, 0.3) is 0 Å². The van der Waals surface area contributed by atoms with Gasteiger partial charge in [-0.25, -0.2) is 0 Å². The highest BCUT2D eigenvalue weighted by molar-refractivity contribution is 5.86. The van der Waals surface area contributed by atoms with Crippen molar-refractivity contribution in [2.45, 2.75) is 6.61 Å². The fraction of sp³-hybridized carbons (Fsp3) is 0.125. The van der Waals surface area contributed by atoms with Gasteiger partial charge in [-0.2, -0.15) is 0 Å². The predicted octanol–water partition coefficient (Wildman–Crippen LogP) is 0.398. The lowest BCUT2D eigenvalue weighted by atomic mass is 10.1. The lowest BCUT2D eigenvalue weighted by molar-refractivity contribution is 0.280. The molecule has 0 aromatic heterocycles. The van der Waals surface area contributed by atoms with E-state index in [1.165, 1.54) is 12.1 Å². The number of aliphatic hydroxyl groups excluding tert-OH is 1. The molecule has 0 heterocycles. The molecule has 5 nitrogen and oxygen atoms in total. The number of benzene rings is 1. The van der Waals surface area contributed by atoms with Crippen LogP contribution in [0.1, 0.15) is 11.1 Å². The van der Waals surface area contributed by atoms with Crippen LogP contribution in [0.3, 0.4) is 0 Å². The summed E-state index contributed by atoms with van der Waals surface area (Å²) < 4.78 is 0. The summed E-state index contributed by atoms with van der Waals surface area (Å²) in [6, 6.07) is 2.55. The van der Waals surface area contributed by atoms with E-state index in [4.69, 9.17) is 10.3 Å². The van der Waals surface area contributed by atoms with E-state index in [1.807, 2.05) is 0 Å². The summed E-state index contributed by atoms with van der Waals surface area (Å²) in [5, 5.41) is 38.1. The highest BCUT2D eigenvalue weighted by atomic mass is 16.4. The van der Waals surface area contributed by atoms with Crippen LogP contribution < -0.4 is 0 Å². The second-order valence-corrected chi connectivity index (χ2v) is 2.45. The van der Waals surface area contributed by atoms with Crippen LogP contribution in [0.2, 0.25) is 0 Å². The summed E-state index contributed by atoms with van der Waals surface area (Å²) in [5.41, 5.74) is 0.393. The van der Waals surface area contributed by atoms with Crippen LogP contribution in [-0.4, -0.2) is 26.7 Å². The molecule has 0 unspecified atom stereocenters. The summed E-state index contributed by atoms with van der Waals surface area (Å²) in [7, 11) is 0. The van der Waals surface area contributed by atoms with Crippen molar-refractivity contribution in [3.05, 3.63) is 23.3 Å². The minimum atomic E-state index is -0.280. The summed E-state index contributed by atoms with van der Waals surface area (Å²) in [4.78, 5) is 0. The Balaban J connectivity index is 3.22. The van der Waals surface area contributed by atoms with Gasteiger partial charge in [-0.15, -0.1) is 0 Å². The maximum absolute atomic E-state index is 9.26. The smallest absolute Gasteiger partial charge is 0.128 e. The van der Waals surface area contributed by atoms with Gasteiger partial charge in [0.2, 0.25) is 0 Å². The molecule has 0 atom stereocenters. The summed E-state index contributed by atoms with van der Waals surface area (Å²) in [6.45, 7) is -0.280. The molecule has 0 fully saturated rings. The Morgan fingerprint density at radius 2 is 1.77 bits per heavy atom. The third-order valence-corrected chi connectivity index (χ3v) is 1.57. The van der Waals surface area contributed by atoms with Crippen molar-refractivity contribution in [2.24, 2.45) is 5.16 Å². The summed E-state index contributed by atoms with van der Waals surface area (Å²) in [6.07, 6.45) is 0.909. The molecular weight excluding hydrogens is 174 g/mol. The second-order valence-electron chi connectivity index (χ2n) is 2.45. The topological polar surface area (TPSA) is 93.3 Å². The first-order valence-corrected chi connectivity index (χ1v) is 3.52. The fourth-order valence-electron chi connectivity index (χ4n) is 0.961. The molecular formula is C8H9NO4. The molecule has 1 aromatic carbocycles. The van der Waals surface area contributed by atoms with Crippen LogP contribution in [-0.2, 0) is 6.61 Å². The molecule has 1 rings (SSSR count). The van der Waals surface area contributed by atoms with Crippen molar-refractivity contribution in [2.75, 3.05) is 0 Å². The molecule has 5 heteroatoms. The number of hydrogen-bond acceptors (Lipinski definition) is 5. The molecule has 0 spiro atoms. The van der Waals surface area contributed by atoms with Gasteiger partial charge in [-0.3, -0.25) is 0 Å². The van der Waals surface area contributed by atoms with E-state index in [2.05, 4.69) is 5.16 Å². The third-order valence-electron chi connectivity index (χ3n) is 1.57. The third kappa shape index (κ3) is 1.88. The first-order valence-electron chi connectivity index (χ1n) is 3.52. The minimum absolute atomic E-state index is 0.0136. The zero-order valence-electron chi connectivity index (χ0n) is 6.68. The van der Waals surface area contributed by atoms with E-state index in [0.717, 1.165) is 6.21 Å². The highest BCUT2D eigenvalue weighted by Gasteiger charge is 2.07. The number of phenolic OH excluding ortho intramolecular Hbond substituents is 2. The van der Waals surface area contributed by atoms with Gasteiger partial charge in [0, 0.05) is 0 Å². The molecule has 0 aliphatic heterocycles. The normalized spacial score (nSPS) is 10.8. The molecule has 4 N–H and O–H groups in total. The van der Waals surface area contributed by atoms with E-state index in [9.17, 15) is 10.2 Å². The minimum Gasteiger partial charge on any atom is -0.507 e. The molecule has 70 valence electrons. The molecule has 0 aliphatic carbocycles. The standard InChI is InChI=1S/C8H9NO4/c10-4-5-1-7(11)6(3-9-13)8(12)2-5/h1-3,10-13H,4H2/b9-3+. The molecule has 0 saturated carbocycles. The van der Waals surface area contributed by atoms with Gasteiger partial charge in [-0.1, -0.05) is 5.16 Å². The Hall–Kier alpha value is -1.75. The Labute approximate surface area is 74.2 Å². The maximum atomic E-state index is 9.26. The van der Waals surface area contributed by atoms with Crippen LogP contribution >= 0.6 is 0 Å².